The lowest BCUT2D eigenvalue weighted by Gasteiger charge is -2.23. The number of likely N-dealkylation sites (N-methyl/N-ethyl adjacent to an activating group) is 2. The molecule has 0 spiro atoms. The van der Waals surface area contributed by atoms with Crippen LogP contribution in [0.15, 0.2) is 85.7 Å². The largest absolute Gasteiger partial charge is 0.478 e. The van der Waals surface area contributed by atoms with E-state index in [1.807, 2.05) is 31.3 Å². The Hall–Kier alpha value is -5.38. The van der Waals surface area contributed by atoms with Crippen molar-refractivity contribution in [2.24, 2.45) is 0 Å². The van der Waals surface area contributed by atoms with Gasteiger partial charge < -0.3 is 35.8 Å². The first-order valence-corrected chi connectivity index (χ1v) is 17.4. The van der Waals surface area contributed by atoms with E-state index in [0.29, 0.717) is 49.4 Å². The second-order valence-electron chi connectivity index (χ2n) is 12.7. The topological polar surface area (TPSA) is 186 Å². The van der Waals surface area contributed by atoms with Crippen LogP contribution in [0, 0.1) is 0 Å². The van der Waals surface area contributed by atoms with Gasteiger partial charge in [0.2, 0.25) is 11.8 Å². The summed E-state index contributed by atoms with van der Waals surface area (Å²) >= 11 is 0. The second-order valence-corrected chi connectivity index (χ2v) is 12.7. The highest BCUT2D eigenvalue weighted by Gasteiger charge is 2.30. The monoisotopic (exact) mass is 796 g/mol. The standard InChI is InChI=1S/C19H23N5O2.C12H11N3O2.C7H14N2O.2ClH/c1-14(25)23(2)17-7-9-24(13-17)19(26)16-5-6-18(22-12-16)21-11-15-4-3-8-20-10-15;16-12(17)10-3-4-11(15-8-10)14-7-9-2-1-5-13-6-9;1-6(10)9(2)7-3-4-8-5-7;;/h3-6,8,10,12,17H,7,9,11,13H2,1-2H3,(H,21,22);1-6,8H,7H2,(H,14,15)(H,16,17);7-8H,3-5H2,1-2H3;2*1H/t17-;;7-;;/m0.0../s1. The van der Waals surface area contributed by atoms with E-state index in [1.54, 1.807) is 84.8 Å². The molecule has 2 fully saturated rings. The van der Waals surface area contributed by atoms with Gasteiger partial charge in [-0.15, -0.1) is 24.8 Å². The number of carboxylic acids is 1. The van der Waals surface area contributed by atoms with Crippen LogP contribution in [0.5, 0.6) is 0 Å². The molecule has 2 atom stereocenters. The fourth-order valence-corrected chi connectivity index (χ4v) is 5.55. The highest BCUT2D eigenvalue weighted by molar-refractivity contribution is 5.94. The summed E-state index contributed by atoms with van der Waals surface area (Å²) in [6, 6.07) is 14.9. The Morgan fingerprint density at radius 3 is 1.71 bits per heavy atom. The third-order valence-electron chi connectivity index (χ3n) is 8.99. The number of rotatable bonds is 10. The molecule has 0 radical (unpaired) electrons. The van der Waals surface area contributed by atoms with Gasteiger partial charge in [0.1, 0.15) is 11.6 Å². The summed E-state index contributed by atoms with van der Waals surface area (Å²) in [5, 5.41) is 18.2. The Morgan fingerprint density at radius 1 is 0.764 bits per heavy atom. The predicted molar refractivity (Wildman–Crippen MR) is 216 cm³/mol. The first-order valence-electron chi connectivity index (χ1n) is 17.4. The molecule has 296 valence electrons. The van der Waals surface area contributed by atoms with E-state index in [-0.39, 0.29) is 54.1 Å². The summed E-state index contributed by atoms with van der Waals surface area (Å²) in [5.41, 5.74) is 2.84. The predicted octanol–water partition coefficient (Wildman–Crippen LogP) is 4.24. The molecule has 2 saturated heterocycles. The van der Waals surface area contributed by atoms with Gasteiger partial charge in [0.15, 0.2) is 0 Å². The molecule has 0 aromatic carbocycles. The maximum absolute atomic E-state index is 12.6. The van der Waals surface area contributed by atoms with Crippen LogP contribution in [0.1, 0.15) is 58.5 Å². The van der Waals surface area contributed by atoms with E-state index >= 15 is 0 Å². The summed E-state index contributed by atoms with van der Waals surface area (Å²) in [7, 11) is 3.64. The Kier molecular flexibility index (Phi) is 19.5. The van der Waals surface area contributed by atoms with E-state index in [9.17, 15) is 19.2 Å². The zero-order valence-corrected chi connectivity index (χ0v) is 33.1. The number of carboxylic acid groups (broad SMARTS) is 1. The molecule has 2 aliphatic rings. The van der Waals surface area contributed by atoms with Gasteiger partial charge in [-0.3, -0.25) is 24.4 Å². The molecule has 17 heteroatoms. The van der Waals surface area contributed by atoms with Gasteiger partial charge >= 0.3 is 5.97 Å². The van der Waals surface area contributed by atoms with Crippen LogP contribution in [0.4, 0.5) is 11.6 Å². The van der Waals surface area contributed by atoms with Gasteiger partial charge in [-0.1, -0.05) is 12.1 Å². The smallest absolute Gasteiger partial charge is 0.337 e. The molecule has 6 heterocycles. The molecule has 4 N–H and O–H groups in total. The van der Waals surface area contributed by atoms with Crippen LogP contribution in [0.25, 0.3) is 0 Å². The summed E-state index contributed by atoms with van der Waals surface area (Å²) < 4.78 is 0. The Labute approximate surface area is 334 Å². The van der Waals surface area contributed by atoms with E-state index < -0.39 is 5.97 Å². The molecule has 0 bridgehead atoms. The van der Waals surface area contributed by atoms with Gasteiger partial charge in [-0.05, 0) is 66.9 Å². The van der Waals surface area contributed by atoms with Crippen molar-refractivity contribution < 1.29 is 24.3 Å². The Balaban J connectivity index is 0.000000310. The quantitative estimate of drug-likeness (QED) is 0.179. The number of halogens is 2. The number of anilines is 2. The number of carbonyl (C=O) groups is 4. The number of amides is 3. The minimum Gasteiger partial charge on any atom is -0.478 e. The van der Waals surface area contributed by atoms with E-state index in [4.69, 9.17) is 5.11 Å². The molecular formula is C38H50Cl2N10O5. The van der Waals surface area contributed by atoms with Crippen LogP contribution in [-0.4, -0.2) is 116 Å². The first-order chi connectivity index (χ1) is 25.5. The van der Waals surface area contributed by atoms with Gasteiger partial charge in [0.25, 0.3) is 5.91 Å². The molecule has 55 heavy (non-hydrogen) atoms. The number of pyridine rings is 4. The first kappa shape index (κ1) is 45.8. The number of aromatic nitrogens is 4. The maximum Gasteiger partial charge on any atom is 0.337 e. The number of aromatic carboxylic acids is 1. The van der Waals surface area contributed by atoms with Crippen LogP contribution in [0.2, 0.25) is 0 Å². The van der Waals surface area contributed by atoms with Crippen molar-refractivity contribution in [1.82, 2.24) is 40.0 Å². The summed E-state index contributed by atoms with van der Waals surface area (Å²) in [4.78, 5) is 67.3. The maximum atomic E-state index is 12.6. The third kappa shape index (κ3) is 14.8. The third-order valence-corrected chi connectivity index (χ3v) is 8.99. The molecule has 4 aromatic rings. The zero-order valence-electron chi connectivity index (χ0n) is 31.4. The fraction of sp³-hybridized carbons (Fsp3) is 0.368. The van der Waals surface area contributed by atoms with Crippen LogP contribution < -0.4 is 16.0 Å². The van der Waals surface area contributed by atoms with Gasteiger partial charge in [0.05, 0.1) is 17.2 Å². The molecule has 0 aliphatic carbocycles. The fourth-order valence-electron chi connectivity index (χ4n) is 5.55. The minimum atomic E-state index is -0.976. The van der Waals surface area contributed by atoms with Crippen molar-refractivity contribution in [2.75, 3.05) is 50.9 Å². The van der Waals surface area contributed by atoms with Crippen molar-refractivity contribution in [1.29, 1.82) is 0 Å². The SMILES string of the molecule is CC(=O)N(C)[C@H]1CCN(C(=O)c2ccc(NCc3cccnc3)nc2)C1.CC(=O)N(C)[C@H]1CCNC1.Cl.Cl.O=C(O)c1ccc(NCc2cccnc2)nc1. The number of nitrogens with zero attached hydrogens (tertiary/aromatic N) is 7. The number of likely N-dealkylation sites (tertiary alicyclic amines) is 1. The summed E-state index contributed by atoms with van der Waals surface area (Å²) in [5.74, 6) is 0.510. The highest BCUT2D eigenvalue weighted by Crippen LogP contribution is 2.18. The van der Waals surface area contributed by atoms with Crippen molar-refractivity contribution in [2.45, 2.75) is 51.9 Å². The van der Waals surface area contributed by atoms with Gasteiger partial charge in [0, 0.05) is 104 Å². The number of hydrogen-bond acceptors (Lipinski definition) is 11. The molecule has 2 aliphatic heterocycles. The average molecular weight is 798 g/mol. The number of carbonyl (C=O) groups excluding carboxylic acids is 3. The van der Waals surface area contributed by atoms with E-state index in [2.05, 4.69) is 35.9 Å². The summed E-state index contributed by atoms with van der Waals surface area (Å²) in [6.45, 7) is 7.60. The molecule has 6 rings (SSSR count). The molecule has 15 nitrogen and oxygen atoms in total. The molecule has 4 aromatic heterocycles. The van der Waals surface area contributed by atoms with Crippen molar-refractivity contribution in [3.63, 3.8) is 0 Å². The molecule has 0 unspecified atom stereocenters. The van der Waals surface area contributed by atoms with Crippen LogP contribution in [0.3, 0.4) is 0 Å². The van der Waals surface area contributed by atoms with Crippen molar-refractivity contribution in [3.8, 4) is 0 Å². The van der Waals surface area contributed by atoms with Crippen LogP contribution >= 0.6 is 24.8 Å². The summed E-state index contributed by atoms with van der Waals surface area (Å²) in [6.07, 6.45) is 11.8. The highest BCUT2D eigenvalue weighted by atomic mass is 35.5. The minimum absolute atomic E-state index is 0. The van der Waals surface area contributed by atoms with Crippen LogP contribution in [-0.2, 0) is 22.7 Å². The van der Waals surface area contributed by atoms with Crippen molar-refractivity contribution >= 4 is 60.1 Å². The zero-order chi connectivity index (χ0) is 38.2. The normalized spacial score (nSPS) is 15.3. The second kappa shape index (κ2) is 23.4. The van der Waals surface area contributed by atoms with E-state index in [0.717, 1.165) is 37.1 Å². The Bertz CT molecular complexity index is 1770. The van der Waals surface area contributed by atoms with Crippen molar-refractivity contribution in [3.05, 3.63) is 108 Å². The number of hydrogen-bond donors (Lipinski definition) is 4. The van der Waals surface area contributed by atoms with Gasteiger partial charge in [-0.2, -0.15) is 0 Å². The lowest BCUT2D eigenvalue weighted by atomic mass is 10.2. The van der Waals surface area contributed by atoms with Gasteiger partial charge in [-0.25, -0.2) is 14.8 Å². The average Bonchev–Trinajstić information content (AvgIpc) is 3.91. The lowest BCUT2D eigenvalue weighted by Crippen LogP contribution is -2.38. The number of nitrogens with one attached hydrogen (secondary N) is 3. The molecule has 3 amide bonds. The lowest BCUT2D eigenvalue weighted by molar-refractivity contribution is -0.130. The molecule has 0 saturated carbocycles. The Morgan fingerprint density at radius 2 is 1.29 bits per heavy atom. The van der Waals surface area contributed by atoms with E-state index in [1.165, 1.54) is 12.3 Å². The molecular weight excluding hydrogens is 747 g/mol.